The number of carbonyl (C=O) groups excluding carboxylic acids is 2. The van der Waals surface area contributed by atoms with Gasteiger partial charge in [-0.05, 0) is 79.1 Å². The maximum atomic E-state index is 14.5. The summed E-state index contributed by atoms with van der Waals surface area (Å²) < 4.78 is 30.3. The van der Waals surface area contributed by atoms with Crippen molar-refractivity contribution >= 4 is 19.4 Å². The fourth-order valence-electron chi connectivity index (χ4n) is 6.98. The Kier molecular flexibility index (Phi) is 11.3. The summed E-state index contributed by atoms with van der Waals surface area (Å²) >= 11 is 0. The van der Waals surface area contributed by atoms with Gasteiger partial charge in [-0.25, -0.2) is 9.34 Å². The molecule has 1 aliphatic carbocycles. The van der Waals surface area contributed by atoms with E-state index in [0.29, 0.717) is 6.42 Å². The molecule has 2 aromatic carbocycles. The van der Waals surface area contributed by atoms with E-state index in [1.54, 1.807) is 0 Å². The van der Waals surface area contributed by atoms with E-state index in [9.17, 15) is 14.2 Å². The van der Waals surface area contributed by atoms with Crippen LogP contribution in [0.3, 0.4) is 0 Å². The van der Waals surface area contributed by atoms with Crippen molar-refractivity contribution in [3.05, 3.63) is 83.7 Å². The van der Waals surface area contributed by atoms with E-state index in [0.717, 1.165) is 36.8 Å². The van der Waals surface area contributed by atoms with Gasteiger partial charge in [-0.3, -0.25) is 14.2 Å². The average Bonchev–Trinajstić information content (AvgIpc) is 3.16. The summed E-state index contributed by atoms with van der Waals surface area (Å²) in [4.78, 5) is 27.5. The minimum absolute atomic E-state index is 0.0342. The Morgan fingerprint density at radius 2 is 1.39 bits per heavy atom. The monoisotopic (exact) mass is 622 g/mol. The number of allylic oxidation sites excluding steroid dienone is 1. The molecule has 44 heavy (non-hydrogen) atoms. The minimum atomic E-state index is -2.92. The lowest BCUT2D eigenvalue weighted by Crippen LogP contribution is -2.37. The largest absolute Gasteiger partial charge is 0.463 e. The van der Waals surface area contributed by atoms with Crippen LogP contribution in [0.15, 0.2) is 72.6 Å². The molecule has 2 aromatic rings. The SMILES string of the molecule is CC(C)OC(=O)C[C@H](c1ccccc1)[C@H](C(=O)OC(C)(C)C)[C@H](C/C=C/P1(=O)N(C)C2CCCCC2N1C)c1ccccc1. The molecule has 4 rings (SSSR count). The Morgan fingerprint density at radius 3 is 1.86 bits per heavy atom. The van der Waals surface area contributed by atoms with Crippen LogP contribution in [0, 0.1) is 5.92 Å². The summed E-state index contributed by atoms with van der Waals surface area (Å²) in [5.41, 5.74) is 1.12. The van der Waals surface area contributed by atoms with Gasteiger partial charge in [0.25, 0.3) is 0 Å². The number of fused-ring (bicyclic) bond motifs is 1. The molecule has 8 heteroatoms. The van der Waals surface area contributed by atoms with Crippen LogP contribution in [0.2, 0.25) is 0 Å². The van der Waals surface area contributed by atoms with Crippen LogP contribution >= 0.6 is 7.44 Å². The first kappa shape index (κ1) is 34.1. The van der Waals surface area contributed by atoms with E-state index in [1.165, 1.54) is 0 Å². The summed E-state index contributed by atoms with van der Waals surface area (Å²) in [6.45, 7) is 9.24. The number of hydrogen-bond acceptors (Lipinski definition) is 5. The van der Waals surface area contributed by atoms with Gasteiger partial charge in [0.05, 0.1) is 18.4 Å². The molecule has 0 aromatic heterocycles. The minimum Gasteiger partial charge on any atom is -0.463 e. The maximum absolute atomic E-state index is 14.5. The van der Waals surface area contributed by atoms with E-state index in [1.807, 2.05) is 121 Å². The van der Waals surface area contributed by atoms with E-state index in [4.69, 9.17) is 9.47 Å². The van der Waals surface area contributed by atoms with Gasteiger partial charge in [0.2, 0.25) is 7.44 Å². The molecule has 5 atom stereocenters. The van der Waals surface area contributed by atoms with Gasteiger partial charge in [-0.2, -0.15) is 0 Å². The highest BCUT2D eigenvalue weighted by molar-refractivity contribution is 7.62. The highest BCUT2D eigenvalue weighted by atomic mass is 31.2. The molecular weight excluding hydrogens is 571 g/mol. The molecular formula is C36H51N2O5P. The predicted molar refractivity (Wildman–Crippen MR) is 176 cm³/mol. The standard InChI is InChI=1S/C36H51N2O5P/c1-26(2)42-33(39)25-30(28-19-12-9-13-20-28)34(35(40)43-36(3,4)5)29(27-17-10-8-11-18-27)21-16-24-44(41)37(6)31-22-14-15-23-32(31)38(44)7/h8-13,16-20,24,26,29-32,34H,14-15,21-23,25H2,1-7H3/b24-16+/t29-,30-,31?,32?,34-,44?/m1/s1. The zero-order valence-electron chi connectivity index (χ0n) is 27.5. The van der Waals surface area contributed by atoms with Crippen molar-refractivity contribution in [2.24, 2.45) is 5.92 Å². The first-order chi connectivity index (χ1) is 20.8. The van der Waals surface area contributed by atoms with Crippen LogP contribution in [0.5, 0.6) is 0 Å². The van der Waals surface area contributed by atoms with E-state index < -0.39 is 24.9 Å². The van der Waals surface area contributed by atoms with Gasteiger partial charge in [-0.1, -0.05) is 79.6 Å². The molecule has 2 fully saturated rings. The van der Waals surface area contributed by atoms with Crippen LogP contribution in [0.4, 0.5) is 0 Å². The molecule has 2 unspecified atom stereocenters. The van der Waals surface area contributed by atoms with Gasteiger partial charge >= 0.3 is 11.9 Å². The van der Waals surface area contributed by atoms with Crippen molar-refractivity contribution in [1.82, 2.24) is 9.34 Å². The zero-order valence-corrected chi connectivity index (χ0v) is 28.4. The summed E-state index contributed by atoms with van der Waals surface area (Å²) in [7, 11) is 1.06. The molecule has 1 heterocycles. The Bertz CT molecular complexity index is 1300. The highest BCUT2D eigenvalue weighted by Crippen LogP contribution is 2.63. The van der Waals surface area contributed by atoms with E-state index in [2.05, 4.69) is 9.34 Å². The van der Waals surface area contributed by atoms with Gasteiger partial charge in [0, 0.05) is 29.7 Å². The number of hydrogen-bond donors (Lipinski definition) is 0. The van der Waals surface area contributed by atoms with E-state index >= 15 is 0 Å². The van der Waals surface area contributed by atoms with Gasteiger partial charge in [-0.15, -0.1) is 0 Å². The second kappa shape index (κ2) is 14.6. The van der Waals surface area contributed by atoms with Gasteiger partial charge in [0.15, 0.2) is 0 Å². The number of carbonyl (C=O) groups is 2. The molecule has 0 radical (unpaired) electrons. The number of nitrogens with zero attached hydrogens (tertiary/aromatic N) is 2. The normalized spacial score (nSPS) is 25.0. The molecule has 2 aliphatic rings. The van der Waals surface area contributed by atoms with Gasteiger partial charge in [0.1, 0.15) is 5.60 Å². The first-order valence-electron chi connectivity index (χ1n) is 16.1. The Morgan fingerprint density at radius 1 is 0.886 bits per heavy atom. The summed E-state index contributed by atoms with van der Waals surface area (Å²) in [6, 6.07) is 20.2. The number of rotatable bonds is 11. The number of benzene rings is 2. The van der Waals surface area contributed by atoms with Crippen LogP contribution in [0.25, 0.3) is 0 Å². The van der Waals surface area contributed by atoms with Gasteiger partial charge < -0.3 is 9.47 Å². The van der Waals surface area contributed by atoms with Crippen molar-refractivity contribution in [3.8, 4) is 0 Å². The van der Waals surface area contributed by atoms with Crippen LogP contribution in [-0.4, -0.2) is 59.2 Å². The molecule has 7 nitrogen and oxygen atoms in total. The summed E-state index contributed by atoms with van der Waals surface area (Å²) in [6.07, 6.45) is 6.66. The molecule has 1 saturated heterocycles. The van der Waals surface area contributed by atoms with E-state index in [-0.39, 0.29) is 42.5 Å². The fourth-order valence-corrected chi connectivity index (χ4v) is 9.63. The third kappa shape index (κ3) is 8.10. The maximum Gasteiger partial charge on any atom is 0.310 e. The smallest absolute Gasteiger partial charge is 0.310 e. The average molecular weight is 623 g/mol. The third-order valence-electron chi connectivity index (χ3n) is 9.00. The van der Waals surface area contributed by atoms with Crippen LogP contribution in [0.1, 0.15) is 96.1 Å². The van der Waals surface area contributed by atoms with Crippen molar-refractivity contribution < 1.29 is 23.6 Å². The fraction of sp³-hybridized carbons (Fsp3) is 0.556. The lowest BCUT2D eigenvalue weighted by atomic mass is 9.72. The van der Waals surface area contributed by atoms with Crippen molar-refractivity contribution in [1.29, 1.82) is 0 Å². The second-order valence-corrected chi connectivity index (χ2v) is 16.4. The number of ether oxygens (including phenoxy) is 2. The first-order valence-corrected chi connectivity index (χ1v) is 17.8. The highest BCUT2D eigenvalue weighted by Gasteiger charge is 2.50. The van der Waals surface area contributed by atoms with Crippen molar-refractivity contribution in [3.63, 3.8) is 0 Å². The lowest BCUT2D eigenvalue weighted by Gasteiger charge is -2.34. The summed E-state index contributed by atoms with van der Waals surface area (Å²) in [5.74, 6) is -0.369. The number of esters is 2. The van der Waals surface area contributed by atoms with Crippen LogP contribution < -0.4 is 0 Å². The lowest BCUT2D eigenvalue weighted by molar-refractivity contribution is -0.162. The molecule has 0 bridgehead atoms. The second-order valence-electron chi connectivity index (χ2n) is 13.6. The molecule has 1 aliphatic heterocycles. The van der Waals surface area contributed by atoms with Crippen LogP contribution in [-0.2, 0) is 23.6 Å². The van der Waals surface area contributed by atoms with Crippen molar-refractivity contribution in [2.75, 3.05) is 14.1 Å². The Hall–Kier alpha value is -2.73. The number of likely N-dealkylation sites (N-methyl/N-ethyl adjacent to an activating group) is 2. The Balaban J connectivity index is 1.77. The predicted octanol–water partition coefficient (Wildman–Crippen LogP) is 8.14. The third-order valence-corrected chi connectivity index (χ3v) is 12.0. The van der Waals surface area contributed by atoms with Crippen molar-refractivity contribution in [2.45, 2.75) is 109 Å². The molecule has 0 N–H and O–H groups in total. The topological polar surface area (TPSA) is 76.2 Å². The molecule has 1 saturated carbocycles. The Labute approximate surface area is 264 Å². The molecule has 0 spiro atoms. The summed E-state index contributed by atoms with van der Waals surface area (Å²) in [5, 5.41) is 0. The molecule has 240 valence electrons. The molecule has 0 amide bonds. The zero-order chi connectivity index (χ0) is 32.1. The quantitative estimate of drug-likeness (QED) is 0.185.